The van der Waals surface area contributed by atoms with E-state index >= 15 is 0 Å². The third kappa shape index (κ3) is 4.47. The van der Waals surface area contributed by atoms with Gasteiger partial charge in [0.05, 0.1) is 6.67 Å². The molecule has 0 atom stereocenters. The molecule has 4 heterocycles. The Labute approximate surface area is 207 Å². The van der Waals surface area contributed by atoms with Crippen LogP contribution in [0, 0.1) is 0 Å². The molecule has 0 N–H and O–H groups in total. The molecule has 4 heteroatoms. The van der Waals surface area contributed by atoms with Gasteiger partial charge in [-0.3, -0.25) is 0 Å². The molecule has 6 rings (SSSR count). The average molecular weight is 459 g/mol. The smallest absolute Gasteiger partial charge is 0.169 e. The van der Waals surface area contributed by atoms with Crippen molar-refractivity contribution in [1.29, 1.82) is 0 Å². The van der Waals surface area contributed by atoms with Gasteiger partial charge in [0.1, 0.15) is 14.1 Å². The zero-order valence-corrected chi connectivity index (χ0v) is 20.3. The molecule has 2 aromatic heterocycles. The van der Waals surface area contributed by atoms with Gasteiger partial charge in [-0.2, -0.15) is 0 Å². The van der Waals surface area contributed by atoms with Gasteiger partial charge in [-0.1, -0.05) is 36.4 Å². The fraction of sp³-hybridized carbons (Fsp3) is 0.161. The standard InChI is InChI=1S/C31H30N4/c1-32-15-11-24(12-16-32)3-5-26-7-9-30-28(19-26)21-34-23-35(30)22-29-20-27(8-10-31(29)34)6-4-25-13-17-33(2)18-14-25/h3-20H,21-23H2,1-2H3/q+2. The number of rotatable bonds is 4. The van der Waals surface area contributed by atoms with E-state index in [9.17, 15) is 0 Å². The largest absolute Gasteiger partial charge is 0.349 e. The summed E-state index contributed by atoms with van der Waals surface area (Å²) in [6.45, 7) is 2.84. The molecule has 0 spiro atoms. The highest BCUT2D eigenvalue weighted by molar-refractivity contribution is 5.76. The molecule has 0 amide bonds. The SMILES string of the molecule is C[n+]1ccc(/C=C/c2ccc3c(c2)CN2CN3Cc3cc(/C=C/c4cc[n+](C)cc4)ccc32)cc1. The van der Waals surface area contributed by atoms with Gasteiger partial charge in [-0.15, -0.1) is 0 Å². The van der Waals surface area contributed by atoms with Crippen molar-refractivity contribution >= 4 is 35.7 Å². The van der Waals surface area contributed by atoms with Gasteiger partial charge in [-0.05, 0) is 57.6 Å². The van der Waals surface area contributed by atoms with Crippen LogP contribution in [0.1, 0.15) is 33.4 Å². The van der Waals surface area contributed by atoms with Gasteiger partial charge in [0.2, 0.25) is 0 Å². The third-order valence-corrected chi connectivity index (χ3v) is 6.90. The van der Waals surface area contributed by atoms with E-state index in [0.29, 0.717) is 0 Å². The molecule has 0 unspecified atom stereocenters. The second-order valence-electron chi connectivity index (χ2n) is 9.57. The van der Waals surface area contributed by atoms with E-state index < -0.39 is 0 Å². The van der Waals surface area contributed by atoms with Gasteiger partial charge in [-0.25, -0.2) is 9.13 Å². The monoisotopic (exact) mass is 458 g/mol. The summed E-state index contributed by atoms with van der Waals surface area (Å²) >= 11 is 0. The van der Waals surface area contributed by atoms with Crippen LogP contribution < -0.4 is 18.9 Å². The lowest BCUT2D eigenvalue weighted by Gasteiger charge is -2.45. The maximum Gasteiger partial charge on any atom is 0.169 e. The lowest BCUT2D eigenvalue weighted by atomic mass is 9.98. The minimum atomic E-state index is 0.942. The van der Waals surface area contributed by atoms with Gasteiger partial charge < -0.3 is 9.80 Å². The summed E-state index contributed by atoms with van der Waals surface area (Å²) in [5, 5.41) is 0. The van der Waals surface area contributed by atoms with Crippen LogP contribution in [-0.4, -0.2) is 6.67 Å². The fourth-order valence-corrected chi connectivity index (χ4v) is 4.96. The molecule has 4 aromatic rings. The predicted octanol–water partition coefficient (Wildman–Crippen LogP) is 4.97. The molecule has 4 nitrogen and oxygen atoms in total. The lowest BCUT2D eigenvalue weighted by Crippen LogP contribution is -2.46. The molecule has 2 aliphatic heterocycles. The first kappa shape index (κ1) is 21.4. The van der Waals surface area contributed by atoms with Crippen LogP contribution in [0.3, 0.4) is 0 Å². The number of pyridine rings is 2. The molecule has 0 aliphatic carbocycles. The van der Waals surface area contributed by atoms with E-state index in [1.165, 1.54) is 44.8 Å². The molecule has 35 heavy (non-hydrogen) atoms. The predicted molar refractivity (Wildman–Crippen MR) is 143 cm³/mol. The summed E-state index contributed by atoms with van der Waals surface area (Å²) in [4.78, 5) is 4.99. The van der Waals surface area contributed by atoms with E-state index in [-0.39, 0.29) is 0 Å². The van der Waals surface area contributed by atoms with Gasteiger partial charge in [0, 0.05) is 48.7 Å². The molecule has 0 saturated carbocycles. The molecule has 0 radical (unpaired) electrons. The summed E-state index contributed by atoms with van der Waals surface area (Å²) in [6.07, 6.45) is 17.1. The van der Waals surface area contributed by atoms with E-state index in [1.807, 2.05) is 14.1 Å². The van der Waals surface area contributed by atoms with Crippen LogP contribution in [0.25, 0.3) is 24.3 Å². The maximum absolute atomic E-state index is 2.50. The number of fused-ring (bicyclic) bond motifs is 6. The minimum absolute atomic E-state index is 0.942. The van der Waals surface area contributed by atoms with Gasteiger partial charge in [0.15, 0.2) is 24.8 Å². The van der Waals surface area contributed by atoms with Crippen molar-refractivity contribution in [1.82, 2.24) is 0 Å². The maximum atomic E-state index is 2.50. The first-order chi connectivity index (χ1) is 17.1. The molecule has 172 valence electrons. The van der Waals surface area contributed by atoms with Crippen molar-refractivity contribution in [3.05, 3.63) is 119 Å². The first-order valence-electron chi connectivity index (χ1n) is 12.1. The van der Waals surface area contributed by atoms with Crippen molar-refractivity contribution in [3.63, 3.8) is 0 Å². The Kier molecular flexibility index (Phi) is 5.42. The summed E-state index contributed by atoms with van der Waals surface area (Å²) < 4.78 is 4.11. The topological polar surface area (TPSA) is 14.2 Å². The Morgan fingerprint density at radius 1 is 0.543 bits per heavy atom. The average Bonchev–Trinajstić information content (AvgIpc) is 2.88. The second-order valence-corrected chi connectivity index (χ2v) is 9.57. The van der Waals surface area contributed by atoms with Crippen LogP contribution in [-0.2, 0) is 27.2 Å². The molecule has 2 aromatic carbocycles. The molecule has 2 aliphatic rings. The van der Waals surface area contributed by atoms with Crippen LogP contribution in [0.2, 0.25) is 0 Å². The third-order valence-electron chi connectivity index (χ3n) is 6.90. The van der Waals surface area contributed by atoms with E-state index in [2.05, 4.69) is 129 Å². The van der Waals surface area contributed by atoms with Crippen LogP contribution in [0.4, 0.5) is 11.4 Å². The fourth-order valence-electron chi connectivity index (χ4n) is 4.96. The molecule has 2 bridgehead atoms. The molecule has 0 saturated heterocycles. The summed E-state index contributed by atoms with van der Waals surface area (Å²) in [7, 11) is 4.08. The van der Waals surface area contributed by atoms with Crippen LogP contribution >= 0.6 is 0 Å². The van der Waals surface area contributed by atoms with Gasteiger partial charge >= 0.3 is 0 Å². The highest BCUT2D eigenvalue weighted by Crippen LogP contribution is 2.38. The Balaban J connectivity index is 1.22. The Morgan fingerprint density at radius 2 is 0.943 bits per heavy atom. The van der Waals surface area contributed by atoms with Crippen molar-refractivity contribution in [2.24, 2.45) is 14.1 Å². The number of aryl methyl sites for hydroxylation is 2. The quantitative estimate of drug-likeness (QED) is 0.401. The van der Waals surface area contributed by atoms with Crippen LogP contribution in [0.5, 0.6) is 0 Å². The molecule has 0 fully saturated rings. The van der Waals surface area contributed by atoms with Gasteiger partial charge in [0.25, 0.3) is 0 Å². The summed E-state index contributed by atoms with van der Waals surface area (Å²) in [6, 6.07) is 22.3. The molecular formula is C31H30N4+2. The van der Waals surface area contributed by atoms with Crippen molar-refractivity contribution in [3.8, 4) is 0 Å². The van der Waals surface area contributed by atoms with Crippen LogP contribution in [0.15, 0.2) is 85.5 Å². The van der Waals surface area contributed by atoms with Crippen molar-refractivity contribution < 1.29 is 9.13 Å². The zero-order chi connectivity index (χ0) is 23.8. The highest BCUT2D eigenvalue weighted by Gasteiger charge is 2.29. The number of benzene rings is 2. The van der Waals surface area contributed by atoms with E-state index in [0.717, 1.165) is 19.8 Å². The lowest BCUT2D eigenvalue weighted by molar-refractivity contribution is -0.671. The number of nitrogens with zero attached hydrogens (tertiary/aromatic N) is 4. The Hall–Kier alpha value is -4.18. The number of hydrogen-bond donors (Lipinski definition) is 0. The first-order valence-corrected chi connectivity index (χ1v) is 12.1. The van der Waals surface area contributed by atoms with Crippen molar-refractivity contribution in [2.45, 2.75) is 13.1 Å². The normalized spacial score (nSPS) is 14.5. The Morgan fingerprint density at radius 3 is 1.37 bits per heavy atom. The highest BCUT2D eigenvalue weighted by atomic mass is 15.4. The number of hydrogen-bond acceptors (Lipinski definition) is 2. The molecular weight excluding hydrogens is 428 g/mol. The minimum Gasteiger partial charge on any atom is -0.349 e. The van der Waals surface area contributed by atoms with E-state index in [4.69, 9.17) is 0 Å². The summed E-state index contributed by atoms with van der Waals surface area (Å²) in [5.41, 5.74) is 10.4. The second kappa shape index (κ2) is 8.88. The Bertz CT molecular complexity index is 1320. The van der Waals surface area contributed by atoms with E-state index in [1.54, 1.807) is 0 Å². The zero-order valence-electron chi connectivity index (χ0n) is 20.3. The van der Waals surface area contributed by atoms with Crippen molar-refractivity contribution in [2.75, 3.05) is 16.5 Å². The summed E-state index contributed by atoms with van der Waals surface area (Å²) in [5.74, 6) is 0. The number of aromatic nitrogens is 2. The number of anilines is 2.